The Bertz CT molecular complexity index is 399. The summed E-state index contributed by atoms with van der Waals surface area (Å²) in [7, 11) is 0. The molecule has 1 aromatic carbocycles. The highest BCUT2D eigenvalue weighted by molar-refractivity contribution is 9.10. The third-order valence-corrected chi connectivity index (χ3v) is 4.05. The van der Waals surface area contributed by atoms with Crippen LogP contribution in [0.4, 0.5) is 0 Å². The number of rotatable bonds is 3. The molecule has 3 heteroatoms. The molecule has 0 saturated heterocycles. The van der Waals surface area contributed by atoms with Gasteiger partial charge in [-0.25, -0.2) is 0 Å². The Morgan fingerprint density at radius 3 is 2.76 bits per heavy atom. The van der Waals surface area contributed by atoms with Gasteiger partial charge in [-0.15, -0.1) is 0 Å². The molecule has 1 aliphatic carbocycles. The van der Waals surface area contributed by atoms with Crippen molar-refractivity contribution in [2.75, 3.05) is 0 Å². The highest BCUT2D eigenvalue weighted by atomic mass is 79.9. The van der Waals surface area contributed by atoms with E-state index in [9.17, 15) is 4.79 Å². The molecule has 1 saturated carbocycles. The molecule has 1 N–H and O–H groups in total. The van der Waals surface area contributed by atoms with Crippen molar-refractivity contribution in [3.63, 3.8) is 0 Å². The van der Waals surface area contributed by atoms with Gasteiger partial charge in [-0.1, -0.05) is 34.8 Å². The van der Waals surface area contributed by atoms with Gasteiger partial charge in [-0.3, -0.25) is 4.79 Å². The molecule has 0 aromatic heterocycles. The summed E-state index contributed by atoms with van der Waals surface area (Å²) in [5.74, 6) is 0.691. The second-order valence-corrected chi connectivity index (χ2v) is 5.73. The monoisotopic (exact) mass is 295 g/mol. The molecular weight excluding hydrogens is 278 g/mol. The van der Waals surface area contributed by atoms with Gasteiger partial charge in [-0.2, -0.15) is 0 Å². The lowest BCUT2D eigenvalue weighted by atomic mass is 9.99. The maximum absolute atomic E-state index is 12.0. The van der Waals surface area contributed by atoms with E-state index in [0.717, 1.165) is 10.0 Å². The molecule has 0 radical (unpaired) electrons. The first-order chi connectivity index (χ1) is 8.16. The van der Waals surface area contributed by atoms with Gasteiger partial charge in [0.25, 0.3) is 5.91 Å². The molecule has 1 aromatic rings. The van der Waals surface area contributed by atoms with Crippen LogP contribution in [-0.4, -0.2) is 11.9 Å². The second kappa shape index (κ2) is 5.67. The molecule has 2 rings (SSSR count). The van der Waals surface area contributed by atoms with Crippen molar-refractivity contribution in [2.45, 2.75) is 38.6 Å². The Hall–Kier alpha value is -0.830. The van der Waals surface area contributed by atoms with Crippen LogP contribution in [0.5, 0.6) is 0 Å². The van der Waals surface area contributed by atoms with E-state index in [4.69, 9.17) is 0 Å². The highest BCUT2D eigenvalue weighted by Crippen LogP contribution is 2.27. The zero-order valence-corrected chi connectivity index (χ0v) is 11.7. The molecule has 0 heterocycles. The van der Waals surface area contributed by atoms with Gasteiger partial charge in [-0.05, 0) is 43.9 Å². The average Bonchev–Trinajstić information content (AvgIpc) is 2.82. The number of carbonyl (C=O) groups is 1. The van der Waals surface area contributed by atoms with E-state index in [1.54, 1.807) is 0 Å². The zero-order valence-electron chi connectivity index (χ0n) is 10.1. The highest BCUT2D eigenvalue weighted by Gasteiger charge is 2.22. The van der Waals surface area contributed by atoms with Crippen molar-refractivity contribution >= 4 is 21.8 Å². The predicted molar refractivity (Wildman–Crippen MR) is 73.0 cm³/mol. The zero-order chi connectivity index (χ0) is 12.3. The molecule has 17 heavy (non-hydrogen) atoms. The van der Waals surface area contributed by atoms with Crippen LogP contribution in [-0.2, 0) is 0 Å². The van der Waals surface area contributed by atoms with Crippen molar-refractivity contribution in [1.82, 2.24) is 5.32 Å². The minimum atomic E-state index is 0.0331. The van der Waals surface area contributed by atoms with Crippen LogP contribution in [0.1, 0.15) is 43.0 Å². The van der Waals surface area contributed by atoms with Crippen LogP contribution in [0, 0.1) is 5.92 Å². The summed E-state index contributed by atoms with van der Waals surface area (Å²) in [6.45, 7) is 2.12. The summed E-state index contributed by atoms with van der Waals surface area (Å²) in [6, 6.07) is 7.80. The number of benzene rings is 1. The fourth-order valence-electron chi connectivity index (χ4n) is 2.50. The summed E-state index contributed by atoms with van der Waals surface area (Å²) < 4.78 is 0.943. The second-order valence-electron chi connectivity index (χ2n) is 4.82. The number of amides is 1. The quantitative estimate of drug-likeness (QED) is 0.904. The predicted octanol–water partition coefficient (Wildman–Crippen LogP) is 3.76. The van der Waals surface area contributed by atoms with E-state index < -0.39 is 0 Å². The molecular formula is C14H18BrNO. The SMILES string of the molecule is CC(NC(=O)c1cccc(Br)c1)C1CCCC1. The van der Waals surface area contributed by atoms with Crippen LogP contribution in [0.2, 0.25) is 0 Å². The Kier molecular flexibility index (Phi) is 4.21. The topological polar surface area (TPSA) is 29.1 Å². The van der Waals surface area contributed by atoms with Gasteiger partial charge in [0.1, 0.15) is 0 Å². The van der Waals surface area contributed by atoms with Gasteiger partial charge in [0.2, 0.25) is 0 Å². The molecule has 0 aliphatic heterocycles. The van der Waals surface area contributed by atoms with Crippen molar-refractivity contribution in [1.29, 1.82) is 0 Å². The van der Waals surface area contributed by atoms with E-state index >= 15 is 0 Å². The van der Waals surface area contributed by atoms with E-state index in [2.05, 4.69) is 28.2 Å². The summed E-state index contributed by atoms with van der Waals surface area (Å²) in [5, 5.41) is 3.11. The Morgan fingerprint density at radius 2 is 2.12 bits per heavy atom. The molecule has 1 amide bonds. The minimum absolute atomic E-state index is 0.0331. The molecule has 1 unspecified atom stereocenters. The van der Waals surface area contributed by atoms with E-state index in [1.807, 2.05) is 24.3 Å². The van der Waals surface area contributed by atoms with Crippen LogP contribution < -0.4 is 5.32 Å². The lowest BCUT2D eigenvalue weighted by molar-refractivity contribution is 0.0927. The van der Waals surface area contributed by atoms with Gasteiger partial charge < -0.3 is 5.32 Å². The lowest BCUT2D eigenvalue weighted by Crippen LogP contribution is -2.37. The Morgan fingerprint density at radius 1 is 1.41 bits per heavy atom. The number of halogens is 1. The van der Waals surface area contributed by atoms with Crippen LogP contribution in [0.25, 0.3) is 0 Å². The van der Waals surface area contributed by atoms with Gasteiger partial charge in [0.05, 0.1) is 0 Å². The van der Waals surface area contributed by atoms with E-state index in [-0.39, 0.29) is 11.9 Å². The number of carbonyl (C=O) groups excluding carboxylic acids is 1. The van der Waals surface area contributed by atoms with Crippen molar-refractivity contribution in [2.24, 2.45) is 5.92 Å². The average molecular weight is 296 g/mol. The summed E-state index contributed by atoms with van der Waals surface area (Å²) in [5.41, 5.74) is 0.726. The fraction of sp³-hybridized carbons (Fsp3) is 0.500. The number of nitrogens with one attached hydrogen (secondary N) is 1. The third-order valence-electron chi connectivity index (χ3n) is 3.55. The molecule has 1 aliphatic rings. The van der Waals surface area contributed by atoms with Crippen LogP contribution in [0.15, 0.2) is 28.7 Å². The van der Waals surface area contributed by atoms with Crippen LogP contribution >= 0.6 is 15.9 Å². The Balaban J connectivity index is 1.96. The molecule has 1 fully saturated rings. The minimum Gasteiger partial charge on any atom is -0.349 e. The molecule has 1 atom stereocenters. The van der Waals surface area contributed by atoms with Gasteiger partial charge in [0.15, 0.2) is 0 Å². The molecule has 0 bridgehead atoms. The van der Waals surface area contributed by atoms with Crippen molar-refractivity contribution in [3.05, 3.63) is 34.3 Å². The maximum atomic E-state index is 12.0. The lowest BCUT2D eigenvalue weighted by Gasteiger charge is -2.20. The summed E-state index contributed by atoms with van der Waals surface area (Å²) >= 11 is 3.38. The molecule has 0 spiro atoms. The fourth-order valence-corrected chi connectivity index (χ4v) is 2.89. The van der Waals surface area contributed by atoms with Crippen LogP contribution in [0.3, 0.4) is 0 Å². The summed E-state index contributed by atoms with van der Waals surface area (Å²) in [4.78, 5) is 12.0. The first-order valence-corrected chi connectivity index (χ1v) is 7.02. The van der Waals surface area contributed by atoms with Crippen molar-refractivity contribution < 1.29 is 4.79 Å². The van der Waals surface area contributed by atoms with Crippen molar-refractivity contribution in [3.8, 4) is 0 Å². The third kappa shape index (κ3) is 3.32. The standard InChI is InChI=1S/C14H18BrNO/c1-10(11-5-2-3-6-11)16-14(17)12-7-4-8-13(15)9-12/h4,7-11H,2-3,5-6H2,1H3,(H,16,17). The van der Waals surface area contributed by atoms with Gasteiger partial charge in [0, 0.05) is 16.1 Å². The largest absolute Gasteiger partial charge is 0.349 e. The summed E-state index contributed by atoms with van der Waals surface area (Å²) in [6.07, 6.45) is 5.11. The van der Waals surface area contributed by atoms with E-state index in [1.165, 1.54) is 25.7 Å². The number of hydrogen-bond donors (Lipinski definition) is 1. The Labute approximate surface area is 111 Å². The molecule has 92 valence electrons. The normalized spacial score (nSPS) is 18.0. The number of hydrogen-bond acceptors (Lipinski definition) is 1. The maximum Gasteiger partial charge on any atom is 0.251 e. The van der Waals surface area contributed by atoms with E-state index in [0.29, 0.717) is 5.92 Å². The smallest absolute Gasteiger partial charge is 0.251 e. The van der Waals surface area contributed by atoms with Gasteiger partial charge >= 0.3 is 0 Å². The first-order valence-electron chi connectivity index (χ1n) is 6.23. The molecule has 2 nitrogen and oxygen atoms in total. The first kappa shape index (κ1) is 12.6.